The maximum atomic E-state index is 13.5. The van der Waals surface area contributed by atoms with Gasteiger partial charge in [-0.15, -0.1) is 0 Å². The van der Waals surface area contributed by atoms with Crippen LogP contribution in [0.2, 0.25) is 5.02 Å². The lowest BCUT2D eigenvalue weighted by Gasteiger charge is -2.21. The fourth-order valence-electron chi connectivity index (χ4n) is 4.07. The molecule has 34 heavy (non-hydrogen) atoms. The molecule has 1 aromatic heterocycles. The number of benzene rings is 1. The Bertz CT molecular complexity index is 1200. The van der Waals surface area contributed by atoms with Gasteiger partial charge >= 0.3 is 0 Å². The van der Waals surface area contributed by atoms with Crippen molar-refractivity contribution in [1.82, 2.24) is 15.1 Å². The van der Waals surface area contributed by atoms with Crippen LogP contribution in [0.3, 0.4) is 0 Å². The Hall–Kier alpha value is -2.93. The van der Waals surface area contributed by atoms with Crippen LogP contribution in [0.5, 0.6) is 0 Å². The third-order valence-electron chi connectivity index (χ3n) is 5.79. The number of aromatic nitrogens is 2. The maximum absolute atomic E-state index is 13.5. The summed E-state index contributed by atoms with van der Waals surface area (Å²) < 4.78 is 15.2. The summed E-state index contributed by atoms with van der Waals surface area (Å²) in [5.74, 6) is -0.0200. The molecule has 0 unspecified atom stereocenters. The highest BCUT2D eigenvalue weighted by Gasteiger charge is 2.28. The zero-order chi connectivity index (χ0) is 24.5. The van der Waals surface area contributed by atoms with Gasteiger partial charge in [-0.25, -0.2) is 9.38 Å². The van der Waals surface area contributed by atoms with Gasteiger partial charge in [-0.3, -0.25) is 9.48 Å². The average Bonchev–Trinajstić information content (AvgIpc) is 3.54. The molecule has 0 bridgehead atoms. The molecule has 6 nitrogen and oxygen atoms in total. The Morgan fingerprint density at radius 3 is 2.68 bits per heavy atom. The minimum absolute atomic E-state index is 0.0263. The lowest BCUT2D eigenvalue weighted by molar-refractivity contribution is -0.114. The first-order valence-electron chi connectivity index (χ1n) is 11.6. The summed E-state index contributed by atoms with van der Waals surface area (Å²) in [6, 6.07) is 4.40. The fraction of sp³-hybridized carbons (Fsp3) is 0.423. The Labute approximate surface area is 205 Å². The van der Waals surface area contributed by atoms with Gasteiger partial charge in [0.2, 0.25) is 0 Å². The Morgan fingerprint density at radius 2 is 2.00 bits per heavy atom. The highest BCUT2D eigenvalue weighted by Crippen LogP contribution is 2.38. The third kappa shape index (κ3) is 5.76. The number of anilines is 1. The van der Waals surface area contributed by atoms with E-state index < -0.39 is 5.82 Å². The highest BCUT2D eigenvalue weighted by molar-refractivity contribution is 6.45. The summed E-state index contributed by atoms with van der Waals surface area (Å²) in [5.41, 5.74) is 5.54. The molecular weight excluding hydrogens is 453 g/mol. The number of carbonyl (C=O) groups is 1. The quantitative estimate of drug-likeness (QED) is 0.555. The van der Waals surface area contributed by atoms with Gasteiger partial charge in [0.1, 0.15) is 5.82 Å². The SMILES string of the molecule is Cn1nc(NC(CC(C)(C)C)=C2CC2)c2c1C(C(=O)NCc1ccc(F)c(Cl)c1)=N/C=C\CC2. The van der Waals surface area contributed by atoms with E-state index in [1.54, 1.807) is 16.9 Å². The van der Waals surface area contributed by atoms with E-state index >= 15 is 0 Å². The lowest BCUT2D eigenvalue weighted by atomic mass is 9.90. The van der Waals surface area contributed by atoms with E-state index in [1.807, 2.05) is 13.1 Å². The number of aliphatic imine (C=N–C) groups is 1. The molecule has 1 amide bonds. The molecular formula is C26H31ClFN5O. The molecule has 0 spiro atoms. The summed E-state index contributed by atoms with van der Waals surface area (Å²) in [5, 5.41) is 11.3. The second-order valence-electron chi connectivity index (χ2n) is 10.1. The lowest BCUT2D eigenvalue weighted by Crippen LogP contribution is -2.33. The van der Waals surface area contributed by atoms with Crippen molar-refractivity contribution >= 4 is 29.0 Å². The molecule has 1 fully saturated rings. The van der Waals surface area contributed by atoms with Gasteiger partial charge in [-0.1, -0.05) is 50.1 Å². The van der Waals surface area contributed by atoms with Crippen molar-refractivity contribution in [3.8, 4) is 0 Å². The van der Waals surface area contributed by atoms with E-state index in [2.05, 4.69) is 36.4 Å². The van der Waals surface area contributed by atoms with Crippen LogP contribution >= 0.6 is 11.6 Å². The van der Waals surface area contributed by atoms with E-state index in [9.17, 15) is 9.18 Å². The summed E-state index contributed by atoms with van der Waals surface area (Å²) in [7, 11) is 1.84. The molecule has 0 atom stereocenters. The summed E-state index contributed by atoms with van der Waals surface area (Å²) in [6.45, 7) is 6.90. The van der Waals surface area contributed by atoms with Crippen LogP contribution in [0, 0.1) is 11.2 Å². The van der Waals surface area contributed by atoms with E-state index in [0.717, 1.165) is 43.5 Å². The zero-order valence-electron chi connectivity index (χ0n) is 20.1. The summed E-state index contributed by atoms with van der Waals surface area (Å²) in [4.78, 5) is 17.7. The second-order valence-corrected chi connectivity index (χ2v) is 10.5. The molecule has 2 N–H and O–H groups in total. The standard InChI is InChI=1S/C26H31ClFN5O/c1-26(2,3)14-21(17-9-10-17)31-24-18-7-5-6-12-29-22(23(18)33(4)32-24)25(34)30-15-16-8-11-20(28)19(27)13-16/h6,8,11-13H,5,7,9-10,14-15H2,1-4H3,(H,30,34)(H,31,32)/b12-6-,29-22?. The first-order valence-corrected chi connectivity index (χ1v) is 12.0. The second kappa shape index (κ2) is 9.74. The molecule has 0 radical (unpaired) electrons. The van der Waals surface area contributed by atoms with Crippen molar-refractivity contribution in [1.29, 1.82) is 0 Å². The number of hydrogen-bond donors (Lipinski definition) is 2. The topological polar surface area (TPSA) is 71.3 Å². The first-order chi connectivity index (χ1) is 16.1. The smallest absolute Gasteiger partial charge is 0.272 e. The number of hydrogen-bond acceptors (Lipinski definition) is 4. The number of halogens is 2. The largest absolute Gasteiger partial charge is 0.347 e. The number of fused-ring (bicyclic) bond motifs is 1. The van der Waals surface area contributed by atoms with E-state index in [4.69, 9.17) is 16.7 Å². The molecule has 2 heterocycles. The van der Waals surface area contributed by atoms with Gasteiger partial charge in [-0.2, -0.15) is 5.10 Å². The number of carbonyl (C=O) groups excluding carboxylic acids is 1. The number of allylic oxidation sites excluding steroid dienone is 3. The number of amides is 1. The van der Waals surface area contributed by atoms with E-state index in [-0.39, 0.29) is 22.9 Å². The van der Waals surface area contributed by atoms with Crippen LogP contribution in [-0.4, -0.2) is 21.4 Å². The zero-order valence-corrected chi connectivity index (χ0v) is 20.9. The van der Waals surface area contributed by atoms with Crippen LogP contribution in [0.4, 0.5) is 10.2 Å². The van der Waals surface area contributed by atoms with Crippen molar-refractivity contribution in [3.63, 3.8) is 0 Å². The number of rotatable bonds is 6. The summed E-state index contributed by atoms with van der Waals surface area (Å²) >= 11 is 5.87. The average molecular weight is 484 g/mol. The van der Waals surface area contributed by atoms with Crippen molar-refractivity contribution in [2.24, 2.45) is 17.5 Å². The number of aryl methyl sites for hydroxylation is 1. The van der Waals surface area contributed by atoms with Crippen LogP contribution in [0.15, 0.2) is 46.7 Å². The van der Waals surface area contributed by atoms with Crippen LogP contribution < -0.4 is 10.6 Å². The van der Waals surface area contributed by atoms with Gasteiger partial charge in [0.05, 0.1) is 10.7 Å². The molecule has 2 aromatic rings. The van der Waals surface area contributed by atoms with Crippen molar-refractivity contribution in [2.75, 3.05) is 5.32 Å². The van der Waals surface area contributed by atoms with Gasteiger partial charge < -0.3 is 10.6 Å². The fourth-order valence-corrected chi connectivity index (χ4v) is 4.27. The van der Waals surface area contributed by atoms with Crippen LogP contribution in [0.1, 0.15) is 63.3 Å². The van der Waals surface area contributed by atoms with Gasteiger partial charge in [-0.05, 0) is 55.2 Å². The highest BCUT2D eigenvalue weighted by atomic mass is 35.5. The van der Waals surface area contributed by atoms with Crippen LogP contribution in [-0.2, 0) is 24.8 Å². The van der Waals surface area contributed by atoms with Gasteiger partial charge in [0, 0.05) is 31.1 Å². The summed E-state index contributed by atoms with van der Waals surface area (Å²) in [6.07, 6.45) is 8.38. The monoisotopic (exact) mass is 483 g/mol. The molecule has 1 saturated carbocycles. The Balaban J connectivity index is 1.60. The Kier molecular flexibility index (Phi) is 6.94. The number of nitrogens with one attached hydrogen (secondary N) is 2. The van der Waals surface area contributed by atoms with E-state index in [1.165, 1.54) is 23.4 Å². The molecule has 0 saturated heterocycles. The third-order valence-corrected chi connectivity index (χ3v) is 6.08. The van der Waals surface area contributed by atoms with Gasteiger partial charge in [0.25, 0.3) is 5.91 Å². The van der Waals surface area contributed by atoms with Crippen molar-refractivity contribution in [3.05, 3.63) is 69.4 Å². The predicted molar refractivity (Wildman–Crippen MR) is 134 cm³/mol. The molecule has 4 rings (SSSR count). The molecule has 1 aliphatic carbocycles. The van der Waals surface area contributed by atoms with Gasteiger partial charge in [0.15, 0.2) is 11.5 Å². The molecule has 2 aliphatic rings. The van der Waals surface area contributed by atoms with Crippen molar-refractivity contribution < 1.29 is 9.18 Å². The first kappa shape index (κ1) is 24.2. The van der Waals surface area contributed by atoms with Crippen molar-refractivity contribution in [2.45, 2.75) is 59.4 Å². The van der Waals surface area contributed by atoms with Crippen LogP contribution in [0.25, 0.3) is 0 Å². The maximum Gasteiger partial charge on any atom is 0.272 e. The normalized spacial score (nSPS) is 16.2. The molecule has 8 heteroatoms. The minimum atomic E-state index is -0.488. The predicted octanol–water partition coefficient (Wildman–Crippen LogP) is 5.67. The molecule has 1 aromatic carbocycles. The van der Waals surface area contributed by atoms with E-state index in [0.29, 0.717) is 17.0 Å². The number of nitrogens with zero attached hydrogens (tertiary/aromatic N) is 3. The minimum Gasteiger partial charge on any atom is -0.347 e. The molecule has 180 valence electrons. The Morgan fingerprint density at radius 1 is 1.24 bits per heavy atom. The molecule has 1 aliphatic heterocycles.